The number of fused-ring (bicyclic) bond motifs is 1. The molecule has 0 aliphatic rings. The third kappa shape index (κ3) is 5.61. The molecule has 0 atom stereocenters. The SMILES string of the molecule is COc1cc(-c2cc(F)cc(C(F)(F)F)c2)ccc1-n1c(=O)ccc2cc(S(=O)(=O)Nc3cc(C)ncn3)ccc21. The van der Waals surface area contributed by atoms with Crippen molar-refractivity contribution in [3.8, 4) is 22.6 Å². The second-order valence-corrected chi connectivity index (χ2v) is 10.7. The van der Waals surface area contributed by atoms with Crippen LogP contribution in [0.1, 0.15) is 11.3 Å². The molecule has 1 N–H and O–H groups in total. The standard InChI is InChI=1S/C28H20F4N4O4S/c1-16-9-26(34-15-33-16)35-41(38,39)22-5-7-23-18(12-22)4-8-27(37)36(23)24-6-3-17(13-25(24)40-2)19-10-20(28(30,31)32)14-21(29)11-19/h3-15H,1-2H3,(H,33,34,35). The van der Waals surface area contributed by atoms with E-state index in [-0.39, 0.29) is 33.3 Å². The molecular formula is C28H20F4N4O4S. The molecule has 2 heterocycles. The molecule has 0 spiro atoms. The average Bonchev–Trinajstić information content (AvgIpc) is 2.91. The number of rotatable bonds is 6. The Morgan fingerprint density at radius 2 is 1.68 bits per heavy atom. The Balaban J connectivity index is 1.58. The van der Waals surface area contributed by atoms with Crippen LogP contribution < -0.4 is 15.0 Å². The average molecular weight is 585 g/mol. The number of benzene rings is 3. The van der Waals surface area contributed by atoms with Crippen LogP contribution >= 0.6 is 0 Å². The van der Waals surface area contributed by atoms with E-state index in [4.69, 9.17) is 4.74 Å². The third-order valence-electron chi connectivity index (χ3n) is 6.20. The van der Waals surface area contributed by atoms with Crippen LogP contribution in [0.5, 0.6) is 5.75 Å². The molecule has 2 aromatic heterocycles. The summed E-state index contributed by atoms with van der Waals surface area (Å²) in [6.07, 6.45) is -3.51. The molecule has 210 valence electrons. The first-order valence-electron chi connectivity index (χ1n) is 11.9. The Bertz CT molecular complexity index is 1980. The highest BCUT2D eigenvalue weighted by Crippen LogP contribution is 2.36. The summed E-state index contributed by atoms with van der Waals surface area (Å²) < 4.78 is 88.9. The van der Waals surface area contributed by atoms with Gasteiger partial charge >= 0.3 is 6.18 Å². The van der Waals surface area contributed by atoms with Crippen LogP contribution in [-0.2, 0) is 16.2 Å². The number of aryl methyl sites for hydroxylation is 1. The first-order chi connectivity index (χ1) is 19.4. The molecule has 3 aromatic carbocycles. The van der Waals surface area contributed by atoms with E-state index in [0.29, 0.717) is 22.7 Å². The zero-order valence-electron chi connectivity index (χ0n) is 21.4. The highest BCUT2D eigenvalue weighted by Gasteiger charge is 2.31. The molecule has 0 saturated carbocycles. The van der Waals surface area contributed by atoms with E-state index in [9.17, 15) is 30.8 Å². The number of aromatic nitrogens is 3. The lowest BCUT2D eigenvalue weighted by Crippen LogP contribution is -2.19. The van der Waals surface area contributed by atoms with Gasteiger partial charge in [0.1, 0.15) is 23.7 Å². The first kappa shape index (κ1) is 27.8. The number of hydrogen-bond donors (Lipinski definition) is 1. The molecule has 0 fully saturated rings. The monoisotopic (exact) mass is 584 g/mol. The Kier molecular flexibility index (Phi) is 6.99. The van der Waals surface area contributed by atoms with Crippen LogP contribution in [0.3, 0.4) is 0 Å². The minimum absolute atomic E-state index is 0.0336. The third-order valence-corrected chi connectivity index (χ3v) is 7.55. The molecule has 41 heavy (non-hydrogen) atoms. The summed E-state index contributed by atoms with van der Waals surface area (Å²) in [5.41, 5.74) is -0.278. The van der Waals surface area contributed by atoms with Gasteiger partial charge in [0.05, 0.1) is 28.8 Å². The molecule has 0 saturated heterocycles. The molecular weight excluding hydrogens is 564 g/mol. The Morgan fingerprint density at radius 3 is 2.39 bits per heavy atom. The molecule has 13 heteroatoms. The lowest BCUT2D eigenvalue weighted by Gasteiger charge is -2.16. The van der Waals surface area contributed by atoms with E-state index >= 15 is 0 Å². The maximum Gasteiger partial charge on any atom is 0.416 e. The topological polar surface area (TPSA) is 103 Å². The van der Waals surface area contributed by atoms with Crippen LogP contribution in [0.4, 0.5) is 23.4 Å². The van der Waals surface area contributed by atoms with Crippen LogP contribution in [0.25, 0.3) is 27.7 Å². The molecule has 5 rings (SSSR count). The zero-order chi connectivity index (χ0) is 29.5. The summed E-state index contributed by atoms with van der Waals surface area (Å²) in [5.74, 6) is -0.848. The molecule has 0 aliphatic carbocycles. The number of nitrogens with zero attached hydrogens (tertiary/aromatic N) is 3. The van der Waals surface area contributed by atoms with Gasteiger partial charge in [-0.15, -0.1) is 0 Å². The number of halogens is 4. The normalized spacial score (nSPS) is 12.0. The van der Waals surface area contributed by atoms with Gasteiger partial charge in [0, 0.05) is 23.2 Å². The predicted molar refractivity (Wildman–Crippen MR) is 144 cm³/mol. The number of alkyl halides is 3. The summed E-state index contributed by atoms with van der Waals surface area (Å²) >= 11 is 0. The molecule has 0 radical (unpaired) electrons. The maximum absolute atomic E-state index is 14.0. The Labute approximate surface area is 230 Å². The van der Waals surface area contributed by atoms with Gasteiger partial charge in [0.15, 0.2) is 0 Å². The van der Waals surface area contributed by atoms with Crippen molar-refractivity contribution in [2.75, 3.05) is 11.8 Å². The van der Waals surface area contributed by atoms with Crippen molar-refractivity contribution in [3.63, 3.8) is 0 Å². The van der Waals surface area contributed by atoms with Crippen LogP contribution in [0, 0.1) is 12.7 Å². The van der Waals surface area contributed by atoms with E-state index in [1.54, 1.807) is 6.92 Å². The second kappa shape index (κ2) is 10.3. The predicted octanol–water partition coefficient (Wildman–Crippen LogP) is 5.72. The molecule has 0 unspecified atom stereocenters. The van der Waals surface area contributed by atoms with Crippen molar-refractivity contribution in [3.05, 3.63) is 107 Å². The number of sulfonamides is 1. The molecule has 0 amide bonds. The van der Waals surface area contributed by atoms with Crippen molar-refractivity contribution < 1.29 is 30.7 Å². The molecule has 5 aromatic rings. The van der Waals surface area contributed by atoms with E-state index in [1.807, 2.05) is 0 Å². The van der Waals surface area contributed by atoms with Crippen molar-refractivity contribution >= 4 is 26.7 Å². The second-order valence-electron chi connectivity index (χ2n) is 8.99. The van der Waals surface area contributed by atoms with Crippen molar-refractivity contribution in [2.45, 2.75) is 18.0 Å². The van der Waals surface area contributed by atoms with Crippen LogP contribution in [-0.4, -0.2) is 30.1 Å². The van der Waals surface area contributed by atoms with Gasteiger partial charge in [-0.25, -0.2) is 22.8 Å². The fourth-order valence-corrected chi connectivity index (χ4v) is 5.34. The fraction of sp³-hybridized carbons (Fsp3) is 0.107. The minimum atomic E-state index is -4.74. The first-order valence-corrected chi connectivity index (χ1v) is 13.4. The highest BCUT2D eigenvalue weighted by molar-refractivity contribution is 7.92. The van der Waals surface area contributed by atoms with Gasteiger partial charge in [-0.1, -0.05) is 6.07 Å². The van der Waals surface area contributed by atoms with E-state index < -0.39 is 33.1 Å². The summed E-state index contributed by atoms with van der Waals surface area (Å²) in [6.45, 7) is 1.69. The number of nitrogens with one attached hydrogen (secondary N) is 1. The number of methoxy groups -OCH3 is 1. The lowest BCUT2D eigenvalue weighted by molar-refractivity contribution is -0.137. The van der Waals surface area contributed by atoms with Crippen molar-refractivity contribution in [2.24, 2.45) is 0 Å². The summed E-state index contributed by atoms with van der Waals surface area (Å²) in [5, 5.41) is 0.400. The zero-order valence-corrected chi connectivity index (χ0v) is 22.2. The lowest BCUT2D eigenvalue weighted by atomic mass is 10.0. The van der Waals surface area contributed by atoms with Gasteiger partial charge in [-0.05, 0) is 72.6 Å². The van der Waals surface area contributed by atoms with Gasteiger partial charge in [0.2, 0.25) is 0 Å². The van der Waals surface area contributed by atoms with Gasteiger partial charge in [-0.3, -0.25) is 14.1 Å². The van der Waals surface area contributed by atoms with Gasteiger partial charge in [-0.2, -0.15) is 13.2 Å². The van der Waals surface area contributed by atoms with E-state index in [1.165, 1.54) is 72.6 Å². The summed E-state index contributed by atoms with van der Waals surface area (Å²) in [6, 6.07) is 14.8. The summed E-state index contributed by atoms with van der Waals surface area (Å²) in [7, 11) is -2.72. The number of hydrogen-bond acceptors (Lipinski definition) is 6. The largest absolute Gasteiger partial charge is 0.495 e. The number of pyridine rings is 1. The smallest absolute Gasteiger partial charge is 0.416 e. The maximum atomic E-state index is 14.0. The molecule has 0 bridgehead atoms. The van der Waals surface area contributed by atoms with Gasteiger partial charge in [0.25, 0.3) is 15.6 Å². The fourth-order valence-electron chi connectivity index (χ4n) is 4.31. The van der Waals surface area contributed by atoms with Crippen LogP contribution in [0.2, 0.25) is 0 Å². The van der Waals surface area contributed by atoms with Crippen molar-refractivity contribution in [1.29, 1.82) is 0 Å². The van der Waals surface area contributed by atoms with E-state index in [2.05, 4.69) is 14.7 Å². The van der Waals surface area contributed by atoms with Crippen molar-refractivity contribution in [1.82, 2.24) is 14.5 Å². The highest BCUT2D eigenvalue weighted by atomic mass is 32.2. The Hall–Kier alpha value is -4.78. The number of ether oxygens (including phenoxy) is 1. The quantitative estimate of drug-likeness (QED) is 0.256. The Morgan fingerprint density at radius 1 is 0.902 bits per heavy atom. The van der Waals surface area contributed by atoms with E-state index in [0.717, 1.165) is 12.1 Å². The molecule has 0 aliphatic heterocycles. The number of anilines is 1. The molecule has 8 nitrogen and oxygen atoms in total. The van der Waals surface area contributed by atoms with Crippen LogP contribution in [0.15, 0.2) is 88.8 Å². The summed E-state index contributed by atoms with van der Waals surface area (Å²) in [4.78, 5) is 20.8. The van der Waals surface area contributed by atoms with Gasteiger partial charge < -0.3 is 4.74 Å². The minimum Gasteiger partial charge on any atom is -0.495 e.